The molecule has 1 aliphatic heterocycles. The summed E-state index contributed by atoms with van der Waals surface area (Å²) in [5.74, 6) is -0.198. The number of rotatable bonds is 31. The van der Waals surface area contributed by atoms with Crippen molar-refractivity contribution in [2.75, 3.05) is 13.2 Å². The Morgan fingerprint density at radius 3 is 1.75 bits per heavy atom. The van der Waals surface area contributed by atoms with E-state index in [1.54, 1.807) is 6.08 Å². The zero-order valence-corrected chi connectivity index (χ0v) is 32.3. The van der Waals surface area contributed by atoms with E-state index >= 15 is 0 Å². The number of unbranched alkanes of at least 4 members (excludes halogenated alkanes) is 11. The number of hydrogen-bond acceptors (Lipinski definition) is 8. The van der Waals surface area contributed by atoms with E-state index < -0.39 is 49.5 Å². The first-order valence-corrected chi connectivity index (χ1v) is 20.2. The summed E-state index contributed by atoms with van der Waals surface area (Å²) in [6.45, 7) is 3.47. The molecule has 0 spiro atoms. The highest BCUT2D eigenvalue weighted by atomic mass is 16.7. The largest absolute Gasteiger partial charge is 0.394 e. The van der Waals surface area contributed by atoms with Gasteiger partial charge in [-0.3, -0.25) is 4.79 Å². The first-order chi connectivity index (χ1) is 25.3. The van der Waals surface area contributed by atoms with Crippen molar-refractivity contribution >= 4 is 5.91 Å². The number of carbonyl (C=O) groups is 1. The fourth-order valence-corrected chi connectivity index (χ4v) is 5.75. The molecular weight excluding hydrogens is 658 g/mol. The molecule has 298 valence electrons. The van der Waals surface area contributed by atoms with Gasteiger partial charge in [0.2, 0.25) is 5.91 Å². The Morgan fingerprint density at radius 2 is 1.19 bits per heavy atom. The number of nitrogens with one attached hydrogen (secondary N) is 1. The van der Waals surface area contributed by atoms with Crippen molar-refractivity contribution in [1.29, 1.82) is 0 Å². The van der Waals surface area contributed by atoms with Crippen LogP contribution in [0.2, 0.25) is 0 Å². The van der Waals surface area contributed by atoms with Crippen LogP contribution in [-0.4, -0.2) is 87.5 Å². The maximum absolute atomic E-state index is 12.8. The summed E-state index contributed by atoms with van der Waals surface area (Å²) < 4.78 is 11.1. The van der Waals surface area contributed by atoms with Crippen molar-refractivity contribution in [2.45, 2.75) is 179 Å². The highest BCUT2D eigenvalue weighted by Gasteiger charge is 2.44. The van der Waals surface area contributed by atoms with Gasteiger partial charge < -0.3 is 40.3 Å². The number of aliphatic hydroxyl groups excluding tert-OH is 5. The van der Waals surface area contributed by atoms with Gasteiger partial charge in [0.25, 0.3) is 0 Å². The van der Waals surface area contributed by atoms with E-state index in [1.165, 1.54) is 32.1 Å². The van der Waals surface area contributed by atoms with Crippen molar-refractivity contribution < 1.29 is 39.8 Å². The van der Waals surface area contributed by atoms with Crippen LogP contribution in [0.3, 0.4) is 0 Å². The van der Waals surface area contributed by atoms with Crippen LogP contribution in [-0.2, 0) is 14.3 Å². The van der Waals surface area contributed by atoms with Crippen molar-refractivity contribution in [3.05, 3.63) is 72.9 Å². The smallest absolute Gasteiger partial charge is 0.220 e. The van der Waals surface area contributed by atoms with Crippen molar-refractivity contribution in [1.82, 2.24) is 5.32 Å². The molecule has 0 radical (unpaired) electrons. The van der Waals surface area contributed by atoms with Gasteiger partial charge in [0, 0.05) is 6.42 Å². The third-order valence-corrected chi connectivity index (χ3v) is 9.04. The molecule has 9 heteroatoms. The third-order valence-electron chi connectivity index (χ3n) is 9.04. The number of allylic oxidation sites excluding steroid dienone is 11. The lowest BCUT2D eigenvalue weighted by Gasteiger charge is -2.40. The lowest BCUT2D eigenvalue weighted by Crippen LogP contribution is -2.60. The van der Waals surface area contributed by atoms with Gasteiger partial charge in [-0.05, 0) is 57.8 Å². The Balaban J connectivity index is 2.18. The summed E-state index contributed by atoms with van der Waals surface area (Å²) in [5.41, 5.74) is 0. The van der Waals surface area contributed by atoms with E-state index in [1.807, 2.05) is 6.08 Å². The maximum Gasteiger partial charge on any atom is 0.220 e. The highest BCUT2D eigenvalue weighted by Crippen LogP contribution is 2.22. The molecule has 0 aliphatic carbocycles. The van der Waals surface area contributed by atoms with E-state index in [0.29, 0.717) is 6.42 Å². The number of aliphatic hydroxyl groups is 5. The Labute approximate surface area is 315 Å². The normalized spacial score (nSPS) is 22.6. The average Bonchev–Trinajstić information content (AvgIpc) is 3.14. The second-order valence-corrected chi connectivity index (χ2v) is 13.7. The fourth-order valence-electron chi connectivity index (χ4n) is 5.75. The zero-order valence-electron chi connectivity index (χ0n) is 32.3. The van der Waals surface area contributed by atoms with Crippen molar-refractivity contribution in [3.8, 4) is 0 Å². The molecular formula is C43H73NO8. The molecule has 1 amide bonds. The molecule has 0 bridgehead atoms. The Kier molecular flexibility index (Phi) is 30.4. The molecule has 1 saturated heterocycles. The molecule has 0 aromatic rings. The standard InChI is InChI=1S/C43H73NO8/c1-3-5-7-9-10-11-12-13-14-15-16-17-18-19-20-21-22-23-24-25-26-27-28-29-31-33-39(47)44-36(37(46)32-30-8-6-4-2)35-51-43-42(50)41(49)40(48)38(34-45)52-43/h5,7,10-11,13-14,16-17,19-20,30,32,36-38,40-43,45-46,48-50H,3-4,6,8-9,12,15,18,21-29,31,33-35H2,1-2H3,(H,44,47)/b7-5-,11-10-,14-13-,17-16-,20-19-,32-30+. The van der Waals surface area contributed by atoms with Gasteiger partial charge in [-0.25, -0.2) is 0 Å². The van der Waals surface area contributed by atoms with E-state index in [-0.39, 0.29) is 12.5 Å². The quantitative estimate of drug-likeness (QED) is 0.0319. The molecule has 52 heavy (non-hydrogen) atoms. The lowest BCUT2D eigenvalue weighted by atomic mass is 9.99. The van der Waals surface area contributed by atoms with E-state index in [0.717, 1.165) is 83.5 Å². The van der Waals surface area contributed by atoms with Crippen LogP contribution in [0.1, 0.15) is 136 Å². The van der Waals surface area contributed by atoms with E-state index in [9.17, 15) is 30.3 Å². The molecule has 0 saturated carbocycles. The Hall–Kier alpha value is -2.37. The summed E-state index contributed by atoms with van der Waals surface area (Å²) >= 11 is 0. The molecule has 9 nitrogen and oxygen atoms in total. The predicted molar refractivity (Wildman–Crippen MR) is 212 cm³/mol. The Bertz CT molecular complexity index is 1040. The van der Waals surface area contributed by atoms with Gasteiger partial charge >= 0.3 is 0 Å². The minimum Gasteiger partial charge on any atom is -0.394 e. The van der Waals surface area contributed by atoms with Crippen molar-refractivity contribution in [2.24, 2.45) is 0 Å². The van der Waals surface area contributed by atoms with Gasteiger partial charge in [0.15, 0.2) is 6.29 Å². The molecule has 7 unspecified atom stereocenters. The number of carbonyl (C=O) groups excluding carboxylic acids is 1. The van der Waals surface area contributed by atoms with Crippen LogP contribution < -0.4 is 5.32 Å². The van der Waals surface area contributed by atoms with Crippen LogP contribution in [0.4, 0.5) is 0 Å². The molecule has 1 rings (SSSR count). The topological polar surface area (TPSA) is 149 Å². The van der Waals surface area contributed by atoms with Crippen LogP contribution in [0, 0.1) is 0 Å². The van der Waals surface area contributed by atoms with Crippen LogP contribution in [0.15, 0.2) is 72.9 Å². The van der Waals surface area contributed by atoms with Gasteiger partial charge in [-0.2, -0.15) is 0 Å². The van der Waals surface area contributed by atoms with Gasteiger partial charge in [-0.1, -0.05) is 145 Å². The molecule has 1 aliphatic rings. The third kappa shape index (κ3) is 24.0. The maximum atomic E-state index is 12.8. The predicted octanol–water partition coefficient (Wildman–Crippen LogP) is 7.44. The molecule has 1 fully saturated rings. The van der Waals surface area contributed by atoms with Gasteiger partial charge in [-0.15, -0.1) is 0 Å². The highest BCUT2D eigenvalue weighted by molar-refractivity contribution is 5.76. The van der Waals surface area contributed by atoms with Crippen LogP contribution >= 0.6 is 0 Å². The zero-order chi connectivity index (χ0) is 38.1. The Morgan fingerprint density at radius 1 is 0.673 bits per heavy atom. The van der Waals surface area contributed by atoms with Gasteiger partial charge in [0.05, 0.1) is 25.4 Å². The monoisotopic (exact) mass is 732 g/mol. The van der Waals surface area contributed by atoms with E-state index in [4.69, 9.17) is 9.47 Å². The van der Waals surface area contributed by atoms with Crippen molar-refractivity contribution in [3.63, 3.8) is 0 Å². The first kappa shape index (κ1) is 47.7. The summed E-state index contributed by atoms with van der Waals surface area (Å²) in [5, 5.41) is 53.4. The molecule has 0 aromatic heterocycles. The summed E-state index contributed by atoms with van der Waals surface area (Å²) in [7, 11) is 0. The number of ether oxygens (including phenoxy) is 2. The van der Waals surface area contributed by atoms with Crippen LogP contribution in [0.25, 0.3) is 0 Å². The lowest BCUT2D eigenvalue weighted by molar-refractivity contribution is -0.302. The molecule has 7 atom stereocenters. The SMILES string of the molecule is CC/C=C\C/C=C\C/C=C\C/C=C\C/C=C\CCCCCCCCCCCC(=O)NC(COC1OC(CO)C(O)C(O)C1O)C(O)/C=C/CCCC. The second-order valence-electron chi connectivity index (χ2n) is 13.7. The van der Waals surface area contributed by atoms with E-state index in [2.05, 4.69) is 79.9 Å². The van der Waals surface area contributed by atoms with Gasteiger partial charge in [0.1, 0.15) is 24.4 Å². The molecule has 0 aromatic carbocycles. The number of amides is 1. The molecule has 6 N–H and O–H groups in total. The summed E-state index contributed by atoms with van der Waals surface area (Å²) in [6.07, 6.45) is 37.3. The summed E-state index contributed by atoms with van der Waals surface area (Å²) in [6, 6.07) is -0.807. The number of hydrogen-bond donors (Lipinski definition) is 6. The minimum absolute atomic E-state index is 0.198. The fraction of sp³-hybridized carbons (Fsp3) is 0.698. The average molecular weight is 732 g/mol. The second kappa shape index (κ2) is 33.2. The van der Waals surface area contributed by atoms with Crippen LogP contribution in [0.5, 0.6) is 0 Å². The first-order valence-electron chi connectivity index (χ1n) is 20.2. The summed E-state index contributed by atoms with van der Waals surface area (Å²) in [4.78, 5) is 12.8. The molecule has 1 heterocycles. The minimum atomic E-state index is -1.57.